The van der Waals surface area contributed by atoms with Crippen LogP contribution in [0.3, 0.4) is 0 Å². The third kappa shape index (κ3) is 3.43. The van der Waals surface area contributed by atoms with Gasteiger partial charge in [0.1, 0.15) is 6.10 Å². The van der Waals surface area contributed by atoms with Crippen molar-refractivity contribution in [2.75, 3.05) is 6.54 Å². The zero-order valence-electron chi connectivity index (χ0n) is 11.0. The summed E-state index contributed by atoms with van der Waals surface area (Å²) in [5.41, 5.74) is 2.72. The molecule has 2 aromatic rings. The molecule has 2 N–H and O–H groups in total. The monoisotopic (exact) mass is 275 g/mol. The summed E-state index contributed by atoms with van der Waals surface area (Å²) < 4.78 is 0. The molecule has 0 bridgehead atoms. The highest BCUT2D eigenvalue weighted by atomic mass is 32.1. The summed E-state index contributed by atoms with van der Waals surface area (Å²) in [6.45, 7) is 4.13. The predicted molar refractivity (Wildman–Crippen MR) is 77.5 cm³/mol. The molecule has 2 rings (SSSR count). The van der Waals surface area contributed by atoms with Crippen LogP contribution in [0.1, 0.15) is 32.5 Å². The van der Waals surface area contributed by atoms with Crippen LogP contribution in [0, 0.1) is 13.8 Å². The topological polar surface area (TPSA) is 49.3 Å². The van der Waals surface area contributed by atoms with E-state index in [1.54, 1.807) is 6.07 Å². The number of aliphatic hydroxyl groups excluding tert-OH is 1. The van der Waals surface area contributed by atoms with Crippen LogP contribution in [0.4, 0.5) is 0 Å². The van der Waals surface area contributed by atoms with E-state index < -0.39 is 6.10 Å². The van der Waals surface area contributed by atoms with Crippen LogP contribution in [-0.4, -0.2) is 17.6 Å². The van der Waals surface area contributed by atoms with Gasteiger partial charge in [-0.05, 0) is 43.0 Å². The molecule has 0 aliphatic heterocycles. The fourth-order valence-corrected chi connectivity index (χ4v) is 2.81. The van der Waals surface area contributed by atoms with E-state index in [0.29, 0.717) is 5.56 Å². The lowest BCUT2D eigenvalue weighted by Crippen LogP contribution is -2.28. The number of hydrogen-bond acceptors (Lipinski definition) is 3. The number of aryl methyl sites for hydroxylation is 2. The third-order valence-electron chi connectivity index (χ3n) is 2.94. The summed E-state index contributed by atoms with van der Waals surface area (Å²) in [6, 6.07) is 9.36. The Bertz CT molecular complexity index is 577. The highest BCUT2D eigenvalue weighted by Gasteiger charge is 2.13. The second kappa shape index (κ2) is 5.99. The molecule has 100 valence electrons. The number of amides is 1. The molecule has 0 radical (unpaired) electrons. The van der Waals surface area contributed by atoms with Crippen LogP contribution in [0.15, 0.2) is 35.7 Å². The first-order valence-corrected chi connectivity index (χ1v) is 7.03. The molecule has 0 aliphatic rings. The summed E-state index contributed by atoms with van der Waals surface area (Å²) in [7, 11) is 0. The average Bonchev–Trinajstić information content (AvgIpc) is 2.82. The molecule has 1 aromatic heterocycles. The van der Waals surface area contributed by atoms with E-state index in [0.717, 1.165) is 16.0 Å². The minimum absolute atomic E-state index is 0.156. The van der Waals surface area contributed by atoms with Gasteiger partial charge in [0.05, 0.1) is 0 Å². The Hall–Kier alpha value is -1.65. The molecule has 0 saturated heterocycles. The molecular formula is C15H17NO2S. The SMILES string of the molecule is Cc1cccc(C(=O)NCC(O)c2sccc2C)c1. The molecule has 1 unspecified atom stereocenters. The van der Waals surface area contributed by atoms with Crippen LogP contribution in [0.5, 0.6) is 0 Å². The molecule has 3 nitrogen and oxygen atoms in total. The maximum atomic E-state index is 11.9. The summed E-state index contributed by atoms with van der Waals surface area (Å²) >= 11 is 1.51. The van der Waals surface area contributed by atoms with E-state index in [-0.39, 0.29) is 12.5 Å². The van der Waals surface area contributed by atoms with Crippen molar-refractivity contribution < 1.29 is 9.90 Å². The van der Waals surface area contributed by atoms with Crippen LogP contribution >= 0.6 is 11.3 Å². The summed E-state index contributed by atoms with van der Waals surface area (Å²) in [5, 5.41) is 14.7. The van der Waals surface area contributed by atoms with E-state index in [4.69, 9.17) is 0 Å². The Morgan fingerprint density at radius 1 is 1.37 bits per heavy atom. The van der Waals surface area contributed by atoms with Gasteiger partial charge in [0.15, 0.2) is 0 Å². The fourth-order valence-electron chi connectivity index (χ4n) is 1.90. The van der Waals surface area contributed by atoms with Gasteiger partial charge in [0.25, 0.3) is 5.91 Å². The molecule has 1 heterocycles. The predicted octanol–water partition coefficient (Wildman–Crippen LogP) is 2.83. The number of carbonyl (C=O) groups is 1. The number of hydrogen-bond donors (Lipinski definition) is 2. The van der Waals surface area contributed by atoms with Crippen molar-refractivity contribution in [3.05, 3.63) is 57.3 Å². The number of thiophene rings is 1. The molecule has 4 heteroatoms. The van der Waals surface area contributed by atoms with E-state index in [2.05, 4.69) is 5.32 Å². The summed E-state index contributed by atoms with van der Waals surface area (Å²) in [4.78, 5) is 12.8. The molecule has 1 amide bonds. The normalized spacial score (nSPS) is 12.2. The van der Waals surface area contributed by atoms with Crippen LogP contribution in [0.2, 0.25) is 0 Å². The number of rotatable bonds is 4. The number of carbonyl (C=O) groups excluding carboxylic acids is 1. The lowest BCUT2D eigenvalue weighted by Gasteiger charge is -2.11. The van der Waals surface area contributed by atoms with Gasteiger partial charge in [0.2, 0.25) is 0 Å². The summed E-state index contributed by atoms with van der Waals surface area (Å²) in [6.07, 6.45) is -0.645. The molecular weight excluding hydrogens is 258 g/mol. The fraction of sp³-hybridized carbons (Fsp3) is 0.267. The Morgan fingerprint density at radius 3 is 2.79 bits per heavy atom. The van der Waals surface area contributed by atoms with Gasteiger partial charge in [-0.15, -0.1) is 11.3 Å². The Labute approximate surface area is 116 Å². The maximum absolute atomic E-state index is 11.9. The molecule has 0 spiro atoms. The van der Waals surface area contributed by atoms with Gasteiger partial charge in [-0.3, -0.25) is 4.79 Å². The van der Waals surface area contributed by atoms with E-state index in [9.17, 15) is 9.90 Å². The van der Waals surface area contributed by atoms with Crippen molar-refractivity contribution in [3.8, 4) is 0 Å². The number of aliphatic hydroxyl groups is 1. The lowest BCUT2D eigenvalue weighted by atomic mass is 10.1. The smallest absolute Gasteiger partial charge is 0.251 e. The molecule has 1 aromatic carbocycles. The molecule has 1 atom stereocenters. The minimum atomic E-state index is -0.645. The van der Waals surface area contributed by atoms with Crippen LogP contribution < -0.4 is 5.32 Å². The van der Waals surface area contributed by atoms with Crippen molar-refractivity contribution in [2.45, 2.75) is 20.0 Å². The van der Waals surface area contributed by atoms with Crippen molar-refractivity contribution in [3.63, 3.8) is 0 Å². The quantitative estimate of drug-likeness (QED) is 0.901. The van der Waals surface area contributed by atoms with Gasteiger partial charge in [0, 0.05) is 17.0 Å². The Morgan fingerprint density at radius 2 is 2.16 bits per heavy atom. The van der Waals surface area contributed by atoms with Crippen LogP contribution in [0.25, 0.3) is 0 Å². The lowest BCUT2D eigenvalue weighted by molar-refractivity contribution is 0.0917. The minimum Gasteiger partial charge on any atom is -0.386 e. The van der Waals surface area contributed by atoms with E-state index in [1.807, 2.05) is 43.5 Å². The zero-order chi connectivity index (χ0) is 13.8. The highest BCUT2D eigenvalue weighted by Crippen LogP contribution is 2.23. The van der Waals surface area contributed by atoms with E-state index in [1.165, 1.54) is 11.3 Å². The first-order chi connectivity index (χ1) is 9.08. The third-order valence-corrected chi connectivity index (χ3v) is 4.06. The van der Waals surface area contributed by atoms with Crippen molar-refractivity contribution >= 4 is 17.2 Å². The van der Waals surface area contributed by atoms with Crippen molar-refractivity contribution in [2.24, 2.45) is 0 Å². The largest absolute Gasteiger partial charge is 0.386 e. The Kier molecular flexibility index (Phi) is 4.35. The zero-order valence-corrected chi connectivity index (χ0v) is 11.8. The first-order valence-electron chi connectivity index (χ1n) is 6.15. The van der Waals surface area contributed by atoms with Gasteiger partial charge >= 0.3 is 0 Å². The Balaban J connectivity index is 1.96. The number of nitrogens with one attached hydrogen (secondary N) is 1. The average molecular weight is 275 g/mol. The van der Waals surface area contributed by atoms with Gasteiger partial charge in [-0.1, -0.05) is 17.7 Å². The van der Waals surface area contributed by atoms with Crippen molar-refractivity contribution in [1.29, 1.82) is 0 Å². The molecule has 19 heavy (non-hydrogen) atoms. The van der Waals surface area contributed by atoms with E-state index >= 15 is 0 Å². The second-order valence-electron chi connectivity index (χ2n) is 4.56. The van der Waals surface area contributed by atoms with Gasteiger partial charge < -0.3 is 10.4 Å². The molecule has 0 saturated carbocycles. The number of benzene rings is 1. The highest BCUT2D eigenvalue weighted by molar-refractivity contribution is 7.10. The maximum Gasteiger partial charge on any atom is 0.251 e. The van der Waals surface area contributed by atoms with Crippen molar-refractivity contribution in [1.82, 2.24) is 5.32 Å². The molecule has 0 aliphatic carbocycles. The van der Waals surface area contributed by atoms with Gasteiger partial charge in [-0.25, -0.2) is 0 Å². The second-order valence-corrected chi connectivity index (χ2v) is 5.51. The standard InChI is InChI=1S/C15H17NO2S/c1-10-4-3-5-12(8-10)15(18)16-9-13(17)14-11(2)6-7-19-14/h3-8,13,17H,9H2,1-2H3,(H,16,18). The van der Waals surface area contributed by atoms with Crippen LogP contribution in [-0.2, 0) is 0 Å². The van der Waals surface area contributed by atoms with Gasteiger partial charge in [-0.2, -0.15) is 0 Å². The summed E-state index contributed by atoms with van der Waals surface area (Å²) in [5.74, 6) is -0.156. The molecule has 0 fully saturated rings. The first kappa shape index (κ1) is 13.8.